The third-order valence-corrected chi connectivity index (χ3v) is 24.2. The zero-order valence-corrected chi connectivity index (χ0v) is 33.8. The number of aromatic hydroxyl groups is 2. The van der Waals surface area contributed by atoms with E-state index in [0.29, 0.717) is 11.5 Å². The number of fused-ring (bicyclic) bond motifs is 38. The summed E-state index contributed by atoms with van der Waals surface area (Å²) in [6, 6.07) is 17.2. The van der Waals surface area contributed by atoms with Gasteiger partial charge in [-0.3, -0.25) is 0 Å². The van der Waals surface area contributed by atoms with Gasteiger partial charge in [0.15, 0.2) is 0 Å². The van der Waals surface area contributed by atoms with Crippen LogP contribution in [0.2, 0.25) is 0 Å². The molecule has 0 spiro atoms. The molecule has 2 aromatic rings. The van der Waals surface area contributed by atoms with Crippen molar-refractivity contribution in [1.82, 2.24) is 0 Å². The van der Waals surface area contributed by atoms with Crippen LogP contribution in [0.5, 0.6) is 11.5 Å². The van der Waals surface area contributed by atoms with E-state index < -0.39 is 0 Å². The van der Waals surface area contributed by atoms with Gasteiger partial charge in [-0.15, -0.1) is 0 Å². The molecule has 14 aliphatic carbocycles. The molecule has 0 aliphatic heterocycles. The molecule has 57 heavy (non-hydrogen) atoms. The second-order valence-electron chi connectivity index (χ2n) is 24.6. The highest BCUT2D eigenvalue weighted by Gasteiger charge is 2.76. The average molecular weight is 757 g/mol. The summed E-state index contributed by atoms with van der Waals surface area (Å²) in [4.78, 5) is 0. The lowest BCUT2D eigenvalue weighted by molar-refractivity contribution is -0.0229. The zero-order valence-electron chi connectivity index (χ0n) is 33.8. The number of benzene rings is 2. The van der Waals surface area contributed by atoms with E-state index in [0.717, 1.165) is 154 Å². The van der Waals surface area contributed by atoms with Gasteiger partial charge in [-0.05, 0) is 266 Å². The molecule has 26 unspecified atom stereocenters. The van der Waals surface area contributed by atoms with Gasteiger partial charge in [0.05, 0.1) is 0 Å². The van der Waals surface area contributed by atoms with E-state index in [1.807, 2.05) is 12.1 Å². The van der Waals surface area contributed by atoms with Crippen molar-refractivity contribution >= 4 is 0 Å². The van der Waals surface area contributed by atoms with Gasteiger partial charge in [-0.25, -0.2) is 0 Å². The van der Waals surface area contributed by atoms with Crippen LogP contribution < -0.4 is 0 Å². The van der Waals surface area contributed by atoms with Crippen LogP contribution in [0.3, 0.4) is 0 Å². The lowest BCUT2D eigenvalue weighted by Crippen LogP contribution is -2.47. The van der Waals surface area contributed by atoms with Crippen molar-refractivity contribution in [3.8, 4) is 11.5 Å². The van der Waals surface area contributed by atoms with Crippen LogP contribution in [0.1, 0.15) is 88.2 Å². The molecule has 12 saturated carbocycles. The van der Waals surface area contributed by atoms with Gasteiger partial charge < -0.3 is 10.2 Å². The van der Waals surface area contributed by atoms with Gasteiger partial charge >= 0.3 is 0 Å². The molecule has 2 N–H and O–H groups in total. The van der Waals surface area contributed by atoms with Crippen molar-refractivity contribution in [2.45, 2.75) is 82.5 Å². The number of hydrogen-bond donors (Lipinski definition) is 2. The summed E-state index contributed by atoms with van der Waals surface area (Å²) in [5.74, 6) is 26.4. The molecule has 0 aromatic heterocycles. The summed E-state index contributed by atoms with van der Waals surface area (Å²) < 4.78 is 0. The van der Waals surface area contributed by atoms with Crippen molar-refractivity contribution in [3.05, 3.63) is 84.0 Å². The summed E-state index contributed by atoms with van der Waals surface area (Å²) in [5.41, 5.74) is 2.51. The highest BCUT2D eigenvalue weighted by molar-refractivity contribution is 5.45. The van der Waals surface area contributed by atoms with Crippen LogP contribution in [0.25, 0.3) is 0 Å². The minimum atomic E-state index is -0.171. The SMILES string of the molecule is Oc1cccc(C(CC2CC3CC2C2C4CC(C32)C2C3CC(C5C=CCC53)C42)(CC2CC3CC2C2C4CC(C32)C2C3CC(C5C=CCC53)C42)c2cccc(O)c2)c1. The van der Waals surface area contributed by atoms with Crippen molar-refractivity contribution in [2.75, 3.05) is 0 Å². The molecule has 2 heteroatoms. The van der Waals surface area contributed by atoms with Crippen molar-refractivity contribution in [3.63, 3.8) is 0 Å². The van der Waals surface area contributed by atoms with Crippen LogP contribution in [0.4, 0.5) is 0 Å². The summed E-state index contributed by atoms with van der Waals surface area (Å²) in [7, 11) is 0. The molecular formula is C55H64O2. The normalized spacial score (nSPS) is 58.3. The third kappa shape index (κ3) is 3.72. The van der Waals surface area contributed by atoms with Crippen LogP contribution in [0.15, 0.2) is 72.8 Å². The quantitative estimate of drug-likeness (QED) is 0.228. The maximum absolute atomic E-state index is 11.2. The van der Waals surface area contributed by atoms with Gasteiger partial charge in [-0.1, -0.05) is 48.6 Å². The molecule has 12 bridgehead atoms. The highest BCUT2D eigenvalue weighted by Crippen LogP contribution is 2.82. The minimum Gasteiger partial charge on any atom is -0.508 e. The van der Waals surface area contributed by atoms with Gasteiger partial charge in [0.2, 0.25) is 0 Å². The van der Waals surface area contributed by atoms with E-state index in [9.17, 15) is 10.2 Å². The number of rotatable bonds is 6. The second kappa shape index (κ2) is 10.7. The molecule has 296 valence electrons. The van der Waals surface area contributed by atoms with Gasteiger partial charge in [-0.2, -0.15) is 0 Å². The molecule has 14 aliphatic rings. The van der Waals surface area contributed by atoms with Crippen molar-refractivity contribution in [2.24, 2.45) is 154 Å². The Kier molecular flexibility index (Phi) is 6.06. The molecule has 0 radical (unpaired) electrons. The highest BCUT2D eigenvalue weighted by atomic mass is 16.3. The third-order valence-electron chi connectivity index (χ3n) is 24.2. The Balaban J connectivity index is 0.754. The van der Waals surface area contributed by atoms with Gasteiger partial charge in [0.1, 0.15) is 11.5 Å². The fourth-order valence-electron chi connectivity index (χ4n) is 24.0. The van der Waals surface area contributed by atoms with Crippen LogP contribution in [-0.4, -0.2) is 10.2 Å². The lowest BCUT2D eigenvalue weighted by Gasteiger charge is -2.51. The number of hydrogen-bond acceptors (Lipinski definition) is 2. The first kappa shape index (κ1) is 32.3. The van der Waals surface area contributed by atoms with E-state index in [1.54, 1.807) is 25.7 Å². The topological polar surface area (TPSA) is 40.5 Å². The molecule has 0 amide bonds. The number of phenols is 2. The smallest absolute Gasteiger partial charge is 0.115 e. The van der Waals surface area contributed by atoms with Crippen molar-refractivity contribution in [1.29, 1.82) is 0 Å². The maximum atomic E-state index is 11.2. The first-order chi connectivity index (χ1) is 28.0. The van der Waals surface area contributed by atoms with Crippen LogP contribution in [0, 0.1) is 154 Å². The fraction of sp³-hybridized carbons (Fsp3) is 0.709. The summed E-state index contributed by atoms with van der Waals surface area (Å²) in [6.45, 7) is 0. The van der Waals surface area contributed by atoms with E-state index in [1.165, 1.54) is 62.5 Å². The zero-order chi connectivity index (χ0) is 36.8. The largest absolute Gasteiger partial charge is 0.508 e. The van der Waals surface area contributed by atoms with E-state index in [-0.39, 0.29) is 5.41 Å². The Labute approximate surface area is 340 Å². The second-order valence-corrected chi connectivity index (χ2v) is 24.6. The molecule has 0 saturated heterocycles. The maximum Gasteiger partial charge on any atom is 0.115 e. The minimum absolute atomic E-state index is 0.171. The molecule has 12 fully saturated rings. The Morgan fingerprint density at radius 2 is 0.842 bits per heavy atom. The average Bonchev–Trinajstić information content (AvgIpc) is 4.02. The molecule has 26 atom stereocenters. The predicted molar refractivity (Wildman–Crippen MR) is 221 cm³/mol. The molecule has 2 aromatic carbocycles. The Hall–Kier alpha value is -2.48. The number of allylic oxidation sites excluding steroid dienone is 4. The van der Waals surface area contributed by atoms with Gasteiger partial charge in [0, 0.05) is 5.41 Å². The van der Waals surface area contributed by atoms with E-state index in [4.69, 9.17) is 0 Å². The Morgan fingerprint density at radius 1 is 0.421 bits per heavy atom. The van der Waals surface area contributed by atoms with Crippen LogP contribution >= 0.6 is 0 Å². The lowest BCUT2D eigenvalue weighted by atomic mass is 9.53. The molecule has 0 heterocycles. The summed E-state index contributed by atoms with van der Waals surface area (Å²) >= 11 is 0. The fourth-order valence-corrected chi connectivity index (χ4v) is 24.0. The van der Waals surface area contributed by atoms with E-state index >= 15 is 0 Å². The Morgan fingerprint density at radius 3 is 1.32 bits per heavy atom. The van der Waals surface area contributed by atoms with Gasteiger partial charge in [0.25, 0.3) is 0 Å². The van der Waals surface area contributed by atoms with E-state index in [2.05, 4.69) is 60.7 Å². The molecular weight excluding hydrogens is 693 g/mol. The standard InChI is InChI=1S/C55H64O2/c56-31-7-1-5-29(17-31)55(30-6-2-8-32(57)18-30,23-27-13-25-15-37(27)49-45-21-43(47(25)49)51-39-19-41(53(45)51)35-11-3-9-33(35)39)24-28-14-26-16-38(28)50-46-22-44(48(26)50)52-40-20-42(54(46)52)36-12-4-10-34(36)40/h1-8,11-12,17-18,25-28,33-54,56-57H,9-10,13-16,19-24H2. The van der Waals surface area contributed by atoms with Crippen LogP contribution in [-0.2, 0) is 5.41 Å². The summed E-state index contributed by atoms with van der Waals surface area (Å²) in [5, 5.41) is 22.5. The number of phenolic OH excluding ortho intramolecular Hbond substituents is 2. The molecule has 2 nitrogen and oxygen atoms in total. The van der Waals surface area contributed by atoms with Crippen molar-refractivity contribution < 1.29 is 10.2 Å². The Bertz CT molecular complexity index is 1980. The first-order valence-electron chi connectivity index (χ1n) is 24.9. The monoisotopic (exact) mass is 756 g/mol. The first-order valence-corrected chi connectivity index (χ1v) is 24.9. The summed E-state index contributed by atoms with van der Waals surface area (Å²) in [6.07, 6.45) is 28.0. The predicted octanol–water partition coefficient (Wildman–Crippen LogP) is 11.4. The molecule has 16 rings (SSSR count).